The molecule has 2 aromatic rings. The molecule has 1 aromatic carbocycles. The molecular weight excluding hydrogens is 515 g/mol. The summed E-state index contributed by atoms with van der Waals surface area (Å²) in [5.41, 5.74) is 5.62. The van der Waals surface area contributed by atoms with Crippen molar-refractivity contribution < 1.29 is 9.59 Å². The monoisotopic (exact) mass is 556 g/mol. The fraction of sp³-hybridized carbons (Fsp3) is 0.567. The van der Waals surface area contributed by atoms with Crippen LogP contribution >= 0.6 is 0 Å². The number of amides is 2. The van der Waals surface area contributed by atoms with Gasteiger partial charge in [-0.15, -0.1) is 0 Å². The summed E-state index contributed by atoms with van der Waals surface area (Å²) in [7, 11) is 4.01. The smallest absolute Gasteiger partial charge is 0.269 e. The van der Waals surface area contributed by atoms with E-state index in [1.54, 1.807) is 6.20 Å². The Balaban J connectivity index is 1.21. The van der Waals surface area contributed by atoms with Crippen LogP contribution in [0.4, 0.5) is 5.82 Å². The molecule has 11 heteroatoms. The van der Waals surface area contributed by atoms with Crippen LogP contribution in [0.1, 0.15) is 66.7 Å². The molecule has 41 heavy (non-hydrogen) atoms. The molecule has 10 nitrogen and oxygen atoms in total. The first-order valence-corrected chi connectivity index (χ1v) is 15.0. The minimum atomic E-state index is -0.189. The predicted molar refractivity (Wildman–Crippen MR) is 160 cm³/mol. The first-order valence-electron chi connectivity index (χ1n) is 15.0. The normalized spacial score (nSPS) is 19.5. The zero-order valence-corrected chi connectivity index (χ0v) is 24.4. The summed E-state index contributed by atoms with van der Waals surface area (Å²) in [4.78, 5) is 41.8. The molecule has 1 saturated carbocycles. The van der Waals surface area contributed by atoms with Crippen LogP contribution < -0.4 is 15.9 Å². The maximum absolute atomic E-state index is 13.5. The molecule has 3 fully saturated rings. The van der Waals surface area contributed by atoms with E-state index in [0.29, 0.717) is 17.3 Å². The molecule has 2 aliphatic heterocycles. The SMILES string of the molecule is Bc1cnc(C#N)nc1N(NC(=O)c1cccc(CN2CCC(C(=O)N3CCN(C)CC3)CC2)c1)C1CCCCC1. The number of nitriles is 1. The van der Waals surface area contributed by atoms with Gasteiger partial charge < -0.3 is 9.80 Å². The number of likely N-dealkylation sites (N-methyl/N-ethyl adjacent to an activating group) is 1. The molecule has 0 bridgehead atoms. The number of hydrogen-bond donors (Lipinski definition) is 1. The van der Waals surface area contributed by atoms with Crippen LogP contribution in [-0.2, 0) is 11.3 Å². The fourth-order valence-electron chi connectivity index (χ4n) is 6.25. The van der Waals surface area contributed by atoms with Gasteiger partial charge in [-0.05, 0) is 69.0 Å². The van der Waals surface area contributed by atoms with Crippen LogP contribution in [0.2, 0.25) is 0 Å². The Hall–Kier alpha value is -3.49. The van der Waals surface area contributed by atoms with Crippen LogP contribution in [0.25, 0.3) is 0 Å². The third-order valence-electron chi connectivity index (χ3n) is 8.78. The number of hydrazine groups is 1. The van der Waals surface area contributed by atoms with Gasteiger partial charge in [-0.2, -0.15) is 5.26 Å². The Labute approximate surface area is 244 Å². The van der Waals surface area contributed by atoms with E-state index in [1.807, 2.05) is 42.0 Å². The van der Waals surface area contributed by atoms with Gasteiger partial charge in [0.05, 0.1) is 6.04 Å². The quantitative estimate of drug-likeness (QED) is 0.399. The number of piperidine rings is 1. The average molecular weight is 557 g/mol. The van der Waals surface area contributed by atoms with Crippen LogP contribution in [0.3, 0.4) is 0 Å². The molecule has 1 N–H and O–H groups in total. The summed E-state index contributed by atoms with van der Waals surface area (Å²) in [5, 5.41) is 11.2. The summed E-state index contributed by atoms with van der Waals surface area (Å²) in [6, 6.07) is 9.93. The number of aromatic nitrogens is 2. The van der Waals surface area contributed by atoms with E-state index in [4.69, 9.17) is 0 Å². The Bertz CT molecular complexity index is 1260. The highest BCUT2D eigenvalue weighted by molar-refractivity contribution is 6.35. The highest BCUT2D eigenvalue weighted by Crippen LogP contribution is 2.25. The number of benzene rings is 1. The topological polar surface area (TPSA) is 109 Å². The van der Waals surface area contributed by atoms with Gasteiger partial charge >= 0.3 is 0 Å². The highest BCUT2D eigenvalue weighted by Gasteiger charge is 2.30. The van der Waals surface area contributed by atoms with Crippen molar-refractivity contribution in [2.45, 2.75) is 57.5 Å². The summed E-state index contributed by atoms with van der Waals surface area (Å²) in [5.74, 6) is 0.924. The average Bonchev–Trinajstić information content (AvgIpc) is 3.01. The van der Waals surface area contributed by atoms with E-state index in [9.17, 15) is 14.9 Å². The van der Waals surface area contributed by atoms with E-state index < -0.39 is 0 Å². The van der Waals surface area contributed by atoms with Crippen molar-refractivity contribution in [1.29, 1.82) is 5.26 Å². The zero-order valence-electron chi connectivity index (χ0n) is 24.4. The first-order chi connectivity index (χ1) is 19.9. The number of carbonyl (C=O) groups excluding carboxylic acids is 2. The van der Waals surface area contributed by atoms with Crippen molar-refractivity contribution in [2.24, 2.45) is 5.92 Å². The van der Waals surface area contributed by atoms with Crippen LogP contribution in [0.5, 0.6) is 0 Å². The summed E-state index contributed by atoms with van der Waals surface area (Å²) < 4.78 is 0. The molecule has 5 rings (SSSR count). The van der Waals surface area contributed by atoms with Crippen LogP contribution in [0.15, 0.2) is 30.5 Å². The molecule has 216 valence electrons. The number of anilines is 1. The second-order valence-electron chi connectivity index (χ2n) is 11.8. The largest absolute Gasteiger partial charge is 0.340 e. The minimum absolute atomic E-state index is 0.0941. The third kappa shape index (κ3) is 7.24. The molecule has 3 aliphatic rings. The molecular formula is C30H41BN8O2. The maximum Gasteiger partial charge on any atom is 0.269 e. The van der Waals surface area contributed by atoms with Crippen molar-refractivity contribution >= 4 is 30.9 Å². The Kier molecular flexibility index (Phi) is 9.52. The van der Waals surface area contributed by atoms with Crippen molar-refractivity contribution in [3.05, 3.63) is 47.4 Å². The first kappa shape index (κ1) is 29.0. The van der Waals surface area contributed by atoms with E-state index in [-0.39, 0.29) is 23.7 Å². The lowest BCUT2D eigenvalue weighted by atomic mass is 9.93. The van der Waals surface area contributed by atoms with E-state index in [0.717, 1.165) is 95.4 Å². The van der Waals surface area contributed by atoms with Crippen molar-refractivity contribution in [1.82, 2.24) is 30.1 Å². The summed E-state index contributed by atoms with van der Waals surface area (Å²) in [6.45, 7) is 6.07. The van der Waals surface area contributed by atoms with E-state index in [2.05, 4.69) is 38.3 Å². The number of piperazine rings is 1. The molecule has 3 heterocycles. The number of nitrogens with one attached hydrogen (secondary N) is 1. The summed E-state index contributed by atoms with van der Waals surface area (Å²) in [6.07, 6.45) is 8.70. The molecule has 2 amide bonds. The van der Waals surface area contributed by atoms with Gasteiger partial charge in [-0.25, -0.2) is 9.97 Å². The molecule has 0 atom stereocenters. The van der Waals surface area contributed by atoms with Gasteiger partial charge in [-0.1, -0.05) is 31.4 Å². The standard InChI is InChI=1S/C30H41BN8O2/c1-36-14-16-38(17-15-36)30(41)23-10-12-37(13-11-23)21-22-6-5-7-24(18-22)29(40)35-39(25-8-3-2-4-9-25)28-26(31)20-33-27(19-32)34-28/h5-7,18,20,23,25H,2-4,8-17,21,31H2,1H3,(H,35,40). The van der Waals surface area contributed by atoms with Crippen molar-refractivity contribution in [3.8, 4) is 6.07 Å². The minimum Gasteiger partial charge on any atom is -0.340 e. The zero-order chi connectivity index (χ0) is 28.8. The lowest BCUT2D eigenvalue weighted by molar-refractivity contribution is -0.138. The molecule has 2 saturated heterocycles. The number of nitrogens with zero attached hydrogens (tertiary/aromatic N) is 7. The fourth-order valence-corrected chi connectivity index (χ4v) is 6.25. The second-order valence-corrected chi connectivity index (χ2v) is 11.8. The van der Waals surface area contributed by atoms with Crippen LogP contribution in [-0.4, -0.2) is 96.7 Å². The van der Waals surface area contributed by atoms with E-state index in [1.165, 1.54) is 6.42 Å². The van der Waals surface area contributed by atoms with Crippen LogP contribution in [0, 0.1) is 17.2 Å². The lowest BCUT2D eigenvalue weighted by Crippen LogP contribution is -2.52. The predicted octanol–water partition coefficient (Wildman–Crippen LogP) is 1.08. The molecule has 1 aliphatic carbocycles. The van der Waals surface area contributed by atoms with Gasteiger partial charge in [0, 0.05) is 50.4 Å². The number of rotatable bonds is 7. The van der Waals surface area contributed by atoms with Gasteiger partial charge in [0.25, 0.3) is 5.91 Å². The molecule has 1 aromatic heterocycles. The van der Waals surface area contributed by atoms with Crippen molar-refractivity contribution in [2.75, 3.05) is 51.3 Å². The van der Waals surface area contributed by atoms with Gasteiger partial charge in [-0.3, -0.25) is 24.9 Å². The summed E-state index contributed by atoms with van der Waals surface area (Å²) >= 11 is 0. The van der Waals surface area contributed by atoms with Crippen molar-refractivity contribution in [3.63, 3.8) is 0 Å². The van der Waals surface area contributed by atoms with Gasteiger partial charge in [0.2, 0.25) is 11.7 Å². The van der Waals surface area contributed by atoms with Gasteiger partial charge in [0.15, 0.2) is 0 Å². The number of hydrogen-bond acceptors (Lipinski definition) is 8. The highest BCUT2D eigenvalue weighted by atomic mass is 16.2. The third-order valence-corrected chi connectivity index (χ3v) is 8.78. The number of carbonyl (C=O) groups is 2. The van der Waals surface area contributed by atoms with Gasteiger partial charge in [0.1, 0.15) is 19.7 Å². The second kappa shape index (κ2) is 13.5. The molecule has 0 radical (unpaired) electrons. The Morgan fingerprint density at radius 2 is 1.80 bits per heavy atom. The number of likely N-dealkylation sites (tertiary alicyclic amines) is 1. The maximum atomic E-state index is 13.5. The molecule has 0 unspecified atom stereocenters. The lowest BCUT2D eigenvalue weighted by Gasteiger charge is -2.37. The van der Waals surface area contributed by atoms with E-state index >= 15 is 0 Å². The Morgan fingerprint density at radius 1 is 1.07 bits per heavy atom. The molecule has 0 spiro atoms. The Morgan fingerprint density at radius 3 is 2.51 bits per heavy atom.